The van der Waals surface area contributed by atoms with Crippen molar-refractivity contribution in [1.82, 2.24) is 5.32 Å². The molecule has 0 atom stereocenters. The van der Waals surface area contributed by atoms with Crippen molar-refractivity contribution in [2.45, 2.75) is 27.3 Å². The van der Waals surface area contributed by atoms with Gasteiger partial charge < -0.3 is 15.0 Å². The lowest BCUT2D eigenvalue weighted by molar-refractivity contribution is 0.154. The predicted octanol–water partition coefficient (Wildman–Crippen LogP) is 2.66. The van der Waals surface area contributed by atoms with Crippen molar-refractivity contribution in [2.75, 3.05) is 37.7 Å². The Kier molecular flexibility index (Phi) is 7.46. The Morgan fingerprint density at radius 2 is 1.83 bits per heavy atom. The fourth-order valence-corrected chi connectivity index (χ4v) is 1.88. The van der Waals surface area contributed by atoms with E-state index in [-0.39, 0.29) is 0 Å². The number of hydrogen-bond donors (Lipinski definition) is 1. The van der Waals surface area contributed by atoms with Crippen molar-refractivity contribution in [1.29, 1.82) is 0 Å². The molecule has 0 fully saturated rings. The molecule has 0 bridgehead atoms. The third-order valence-corrected chi connectivity index (χ3v) is 2.97. The van der Waals surface area contributed by atoms with Gasteiger partial charge in [-0.15, -0.1) is 0 Å². The van der Waals surface area contributed by atoms with E-state index >= 15 is 0 Å². The summed E-state index contributed by atoms with van der Waals surface area (Å²) in [5.41, 5.74) is 2.61. The number of ether oxygens (including phenoxy) is 1. The fraction of sp³-hybridized carbons (Fsp3) is 0.600. The molecular formula is C15H26N2O. The van der Waals surface area contributed by atoms with E-state index in [4.69, 9.17) is 4.74 Å². The van der Waals surface area contributed by atoms with E-state index in [0.717, 1.165) is 39.4 Å². The lowest BCUT2D eigenvalue weighted by atomic mass is 10.2. The molecule has 1 N–H and O–H groups in total. The number of nitrogens with one attached hydrogen (secondary N) is 1. The number of rotatable bonds is 9. The largest absolute Gasteiger partial charge is 0.380 e. The van der Waals surface area contributed by atoms with E-state index in [0.29, 0.717) is 0 Å². The lowest BCUT2D eigenvalue weighted by Crippen LogP contribution is -2.27. The monoisotopic (exact) mass is 250 g/mol. The van der Waals surface area contributed by atoms with Gasteiger partial charge in [-0.05, 0) is 38.1 Å². The molecule has 0 radical (unpaired) electrons. The van der Waals surface area contributed by atoms with Gasteiger partial charge >= 0.3 is 0 Å². The summed E-state index contributed by atoms with van der Waals surface area (Å²) in [6.07, 6.45) is 0. The summed E-state index contributed by atoms with van der Waals surface area (Å²) in [5, 5.41) is 3.34. The Morgan fingerprint density at radius 3 is 2.39 bits per heavy atom. The second-order valence-electron chi connectivity index (χ2n) is 4.22. The highest BCUT2D eigenvalue weighted by atomic mass is 16.5. The quantitative estimate of drug-likeness (QED) is 0.682. The molecule has 0 saturated carbocycles. The van der Waals surface area contributed by atoms with Crippen LogP contribution in [0.4, 0.5) is 5.69 Å². The van der Waals surface area contributed by atoms with Crippen LogP contribution in [0.15, 0.2) is 24.3 Å². The minimum Gasteiger partial charge on any atom is -0.380 e. The van der Waals surface area contributed by atoms with Gasteiger partial charge in [0, 0.05) is 31.9 Å². The minimum absolute atomic E-state index is 0.791. The highest BCUT2D eigenvalue weighted by Crippen LogP contribution is 2.14. The highest BCUT2D eigenvalue weighted by molar-refractivity contribution is 5.47. The smallest absolute Gasteiger partial charge is 0.0641 e. The van der Waals surface area contributed by atoms with Gasteiger partial charge in [-0.1, -0.05) is 19.1 Å². The van der Waals surface area contributed by atoms with Crippen LogP contribution in [0, 0.1) is 0 Å². The topological polar surface area (TPSA) is 24.5 Å². The Bertz CT molecular complexity index is 311. The average Bonchev–Trinajstić information content (AvgIpc) is 2.42. The zero-order chi connectivity index (χ0) is 13.2. The minimum atomic E-state index is 0.791. The molecule has 3 nitrogen and oxygen atoms in total. The maximum absolute atomic E-state index is 5.41. The van der Waals surface area contributed by atoms with E-state index in [9.17, 15) is 0 Å². The molecule has 0 spiro atoms. The van der Waals surface area contributed by atoms with Gasteiger partial charge in [0.05, 0.1) is 6.61 Å². The van der Waals surface area contributed by atoms with Gasteiger partial charge in [-0.2, -0.15) is 0 Å². The fourth-order valence-electron chi connectivity index (χ4n) is 1.88. The van der Waals surface area contributed by atoms with Gasteiger partial charge in [0.2, 0.25) is 0 Å². The van der Waals surface area contributed by atoms with Crippen LogP contribution in [0.2, 0.25) is 0 Å². The lowest BCUT2D eigenvalue weighted by Gasteiger charge is -2.23. The summed E-state index contributed by atoms with van der Waals surface area (Å²) in [6, 6.07) is 8.78. The van der Waals surface area contributed by atoms with E-state index in [1.54, 1.807) is 0 Å². The molecule has 0 saturated heterocycles. The number of anilines is 1. The second-order valence-corrected chi connectivity index (χ2v) is 4.22. The SMILES string of the molecule is CCNCc1ccc(N(CC)CCOCC)cc1. The van der Waals surface area contributed by atoms with Gasteiger partial charge in [0.15, 0.2) is 0 Å². The van der Waals surface area contributed by atoms with Gasteiger partial charge in [0.25, 0.3) is 0 Å². The molecule has 0 amide bonds. The molecule has 0 aromatic heterocycles. The second kappa shape index (κ2) is 8.95. The molecule has 0 heterocycles. The van der Waals surface area contributed by atoms with Crippen LogP contribution < -0.4 is 10.2 Å². The van der Waals surface area contributed by atoms with Crippen LogP contribution in [0.25, 0.3) is 0 Å². The maximum atomic E-state index is 5.41. The first kappa shape index (κ1) is 15.0. The van der Waals surface area contributed by atoms with Crippen molar-refractivity contribution < 1.29 is 4.74 Å². The van der Waals surface area contributed by atoms with Crippen molar-refractivity contribution in [3.8, 4) is 0 Å². The summed E-state index contributed by atoms with van der Waals surface area (Å²) in [6.45, 7) is 11.9. The van der Waals surface area contributed by atoms with Crippen LogP contribution in [-0.2, 0) is 11.3 Å². The van der Waals surface area contributed by atoms with Crippen molar-refractivity contribution in [3.63, 3.8) is 0 Å². The molecule has 3 heteroatoms. The molecule has 102 valence electrons. The van der Waals surface area contributed by atoms with E-state index in [1.165, 1.54) is 11.3 Å². The van der Waals surface area contributed by atoms with Gasteiger partial charge in [0.1, 0.15) is 0 Å². The van der Waals surface area contributed by atoms with Gasteiger partial charge in [-0.3, -0.25) is 0 Å². The average molecular weight is 250 g/mol. The van der Waals surface area contributed by atoms with Crippen molar-refractivity contribution in [3.05, 3.63) is 29.8 Å². The molecule has 0 aliphatic rings. The third kappa shape index (κ3) is 5.07. The normalized spacial score (nSPS) is 10.6. The Hall–Kier alpha value is -1.06. The summed E-state index contributed by atoms with van der Waals surface area (Å²) < 4.78 is 5.41. The molecule has 1 rings (SSSR count). The van der Waals surface area contributed by atoms with E-state index < -0.39 is 0 Å². The summed E-state index contributed by atoms with van der Waals surface area (Å²) in [7, 11) is 0. The highest BCUT2D eigenvalue weighted by Gasteiger charge is 2.03. The van der Waals surface area contributed by atoms with Crippen molar-refractivity contribution in [2.24, 2.45) is 0 Å². The maximum Gasteiger partial charge on any atom is 0.0641 e. The van der Waals surface area contributed by atoms with Crippen LogP contribution in [0.3, 0.4) is 0 Å². The standard InChI is InChI=1S/C15H26N2O/c1-4-16-13-14-7-9-15(10-8-14)17(5-2)11-12-18-6-3/h7-10,16H,4-6,11-13H2,1-3H3. The van der Waals surface area contributed by atoms with E-state index in [2.05, 4.69) is 48.3 Å². The molecule has 0 aliphatic carbocycles. The first-order valence-electron chi connectivity index (χ1n) is 6.94. The molecule has 1 aromatic rings. The van der Waals surface area contributed by atoms with E-state index in [1.807, 2.05) is 6.92 Å². The summed E-state index contributed by atoms with van der Waals surface area (Å²) >= 11 is 0. The van der Waals surface area contributed by atoms with Crippen LogP contribution in [0.5, 0.6) is 0 Å². The summed E-state index contributed by atoms with van der Waals surface area (Å²) in [5.74, 6) is 0. The third-order valence-electron chi connectivity index (χ3n) is 2.97. The molecule has 18 heavy (non-hydrogen) atoms. The first-order valence-corrected chi connectivity index (χ1v) is 6.94. The zero-order valence-electron chi connectivity index (χ0n) is 11.9. The Balaban J connectivity index is 2.52. The number of hydrogen-bond acceptors (Lipinski definition) is 3. The van der Waals surface area contributed by atoms with Crippen LogP contribution >= 0.6 is 0 Å². The Morgan fingerprint density at radius 1 is 1.11 bits per heavy atom. The van der Waals surface area contributed by atoms with Crippen molar-refractivity contribution >= 4 is 5.69 Å². The van der Waals surface area contributed by atoms with Gasteiger partial charge in [-0.25, -0.2) is 0 Å². The molecular weight excluding hydrogens is 224 g/mol. The number of nitrogens with zero attached hydrogens (tertiary/aromatic N) is 1. The van der Waals surface area contributed by atoms with Crippen LogP contribution in [0.1, 0.15) is 26.3 Å². The predicted molar refractivity (Wildman–Crippen MR) is 78.2 cm³/mol. The molecule has 0 unspecified atom stereocenters. The molecule has 1 aromatic carbocycles. The summed E-state index contributed by atoms with van der Waals surface area (Å²) in [4.78, 5) is 2.34. The number of benzene rings is 1. The Labute approximate surface area is 111 Å². The first-order chi connectivity index (χ1) is 8.81. The molecule has 0 aliphatic heterocycles. The van der Waals surface area contributed by atoms with Crippen LogP contribution in [-0.4, -0.2) is 32.8 Å². The zero-order valence-corrected chi connectivity index (χ0v) is 11.9. The number of likely N-dealkylation sites (N-methyl/N-ethyl adjacent to an activating group) is 1.